The van der Waals surface area contributed by atoms with Crippen molar-refractivity contribution in [2.75, 3.05) is 18.4 Å². The molecule has 1 saturated heterocycles. The van der Waals surface area contributed by atoms with Crippen LogP contribution in [0.25, 0.3) is 11.4 Å². The number of nitrogens with zero attached hydrogens (tertiary/aromatic N) is 4. The average Bonchev–Trinajstić information content (AvgIpc) is 3.26. The number of likely N-dealkylation sites (tertiary alicyclic amines) is 1. The lowest BCUT2D eigenvalue weighted by Crippen LogP contribution is -2.18. The second kappa shape index (κ2) is 7.29. The third kappa shape index (κ3) is 3.86. The van der Waals surface area contributed by atoms with Crippen molar-refractivity contribution in [1.29, 1.82) is 0 Å². The molecule has 4 heterocycles. The van der Waals surface area contributed by atoms with Gasteiger partial charge in [-0.2, -0.15) is 0 Å². The Morgan fingerprint density at radius 1 is 1.12 bits per heavy atom. The van der Waals surface area contributed by atoms with E-state index in [1.807, 2.05) is 42.7 Å². The van der Waals surface area contributed by atoms with E-state index in [0.717, 1.165) is 28.9 Å². The molecule has 4 rings (SSSR count). The van der Waals surface area contributed by atoms with Gasteiger partial charge in [0.2, 0.25) is 0 Å². The van der Waals surface area contributed by atoms with Crippen LogP contribution < -0.4 is 5.32 Å². The van der Waals surface area contributed by atoms with E-state index >= 15 is 0 Å². The van der Waals surface area contributed by atoms with Crippen LogP contribution in [-0.2, 0) is 6.54 Å². The van der Waals surface area contributed by atoms with E-state index in [1.165, 1.54) is 36.4 Å². The van der Waals surface area contributed by atoms with Gasteiger partial charge in [-0.15, -0.1) is 0 Å². The van der Waals surface area contributed by atoms with E-state index in [9.17, 15) is 0 Å². The standard InChI is InChI=1S/C19H21N5S/c1-14-7-9-21-17(12-14)22-19-23-18(15-6-2-3-8-20-15)16(25-19)13-24-10-4-5-11-24/h2-3,6-9,12H,4-5,10-11,13H2,1H3,(H,21,22,23). The van der Waals surface area contributed by atoms with Crippen molar-refractivity contribution in [1.82, 2.24) is 19.9 Å². The summed E-state index contributed by atoms with van der Waals surface area (Å²) in [5.41, 5.74) is 3.09. The Morgan fingerprint density at radius 3 is 2.76 bits per heavy atom. The molecule has 5 nitrogen and oxygen atoms in total. The maximum atomic E-state index is 4.83. The maximum Gasteiger partial charge on any atom is 0.189 e. The highest BCUT2D eigenvalue weighted by molar-refractivity contribution is 7.16. The van der Waals surface area contributed by atoms with Crippen LogP contribution >= 0.6 is 11.3 Å². The zero-order valence-electron chi connectivity index (χ0n) is 14.3. The predicted octanol–water partition coefficient (Wildman–Crippen LogP) is 4.25. The van der Waals surface area contributed by atoms with Gasteiger partial charge in [-0.1, -0.05) is 17.4 Å². The monoisotopic (exact) mass is 351 g/mol. The average molecular weight is 351 g/mol. The van der Waals surface area contributed by atoms with Gasteiger partial charge in [-0.25, -0.2) is 9.97 Å². The van der Waals surface area contributed by atoms with Gasteiger partial charge in [0.1, 0.15) is 11.5 Å². The van der Waals surface area contributed by atoms with Crippen LogP contribution in [0.4, 0.5) is 10.9 Å². The zero-order chi connectivity index (χ0) is 17.1. The molecule has 25 heavy (non-hydrogen) atoms. The number of rotatable bonds is 5. The minimum absolute atomic E-state index is 0.828. The van der Waals surface area contributed by atoms with Crippen LogP contribution in [0.2, 0.25) is 0 Å². The highest BCUT2D eigenvalue weighted by Crippen LogP contribution is 2.33. The molecule has 0 saturated carbocycles. The molecule has 0 amide bonds. The summed E-state index contributed by atoms with van der Waals surface area (Å²) >= 11 is 1.70. The molecule has 0 radical (unpaired) electrons. The molecule has 128 valence electrons. The van der Waals surface area contributed by atoms with E-state index in [2.05, 4.69) is 27.1 Å². The highest BCUT2D eigenvalue weighted by Gasteiger charge is 2.19. The molecule has 3 aromatic heterocycles. The van der Waals surface area contributed by atoms with Gasteiger partial charge in [0.15, 0.2) is 5.13 Å². The molecule has 0 atom stereocenters. The molecule has 1 N–H and O–H groups in total. The number of anilines is 2. The van der Waals surface area contributed by atoms with Crippen LogP contribution in [0.1, 0.15) is 23.3 Å². The van der Waals surface area contributed by atoms with Gasteiger partial charge in [0, 0.05) is 18.9 Å². The molecular weight excluding hydrogens is 330 g/mol. The van der Waals surface area contributed by atoms with Crippen molar-refractivity contribution in [2.24, 2.45) is 0 Å². The van der Waals surface area contributed by atoms with Crippen LogP contribution in [0.15, 0.2) is 42.7 Å². The minimum atomic E-state index is 0.828. The van der Waals surface area contributed by atoms with Gasteiger partial charge in [-0.05, 0) is 62.7 Å². The van der Waals surface area contributed by atoms with Gasteiger partial charge in [0.25, 0.3) is 0 Å². The van der Waals surface area contributed by atoms with Gasteiger partial charge in [0.05, 0.1) is 10.6 Å². The molecule has 0 spiro atoms. The third-order valence-corrected chi connectivity index (χ3v) is 5.28. The molecule has 3 aromatic rings. The fraction of sp³-hybridized carbons (Fsp3) is 0.316. The largest absolute Gasteiger partial charge is 0.316 e. The second-order valence-corrected chi connectivity index (χ2v) is 7.42. The fourth-order valence-corrected chi connectivity index (χ4v) is 4.09. The second-order valence-electron chi connectivity index (χ2n) is 6.33. The maximum absolute atomic E-state index is 4.83. The highest BCUT2D eigenvalue weighted by atomic mass is 32.1. The van der Waals surface area contributed by atoms with Crippen LogP contribution in [0.3, 0.4) is 0 Å². The van der Waals surface area contributed by atoms with Crippen LogP contribution in [-0.4, -0.2) is 32.9 Å². The topological polar surface area (TPSA) is 53.9 Å². The van der Waals surface area contributed by atoms with Crippen molar-refractivity contribution in [3.8, 4) is 11.4 Å². The lowest BCUT2D eigenvalue weighted by Gasteiger charge is -2.13. The first-order valence-electron chi connectivity index (χ1n) is 8.61. The summed E-state index contributed by atoms with van der Waals surface area (Å²) in [6.45, 7) is 5.34. The number of aromatic nitrogens is 3. The van der Waals surface area contributed by atoms with E-state index < -0.39 is 0 Å². The van der Waals surface area contributed by atoms with Crippen molar-refractivity contribution in [2.45, 2.75) is 26.3 Å². The molecule has 1 aliphatic rings. The smallest absolute Gasteiger partial charge is 0.189 e. The normalized spacial score (nSPS) is 14.8. The number of pyridine rings is 2. The van der Waals surface area contributed by atoms with Gasteiger partial charge in [-0.3, -0.25) is 9.88 Å². The first kappa shape index (κ1) is 16.2. The summed E-state index contributed by atoms with van der Waals surface area (Å²) in [4.78, 5) is 17.5. The molecule has 1 aliphatic heterocycles. The molecule has 1 fully saturated rings. The van der Waals surface area contributed by atoms with Gasteiger partial charge < -0.3 is 5.32 Å². The summed E-state index contributed by atoms with van der Waals surface area (Å²) in [5.74, 6) is 0.828. The Labute approximate surface area is 151 Å². The van der Waals surface area contributed by atoms with Crippen LogP contribution in [0.5, 0.6) is 0 Å². The van der Waals surface area contributed by atoms with E-state index in [-0.39, 0.29) is 0 Å². The Morgan fingerprint density at radius 2 is 2.00 bits per heavy atom. The summed E-state index contributed by atoms with van der Waals surface area (Å²) in [7, 11) is 0. The molecule has 0 aromatic carbocycles. The van der Waals surface area contributed by atoms with E-state index in [1.54, 1.807) is 11.3 Å². The molecule has 0 bridgehead atoms. The predicted molar refractivity (Wildman–Crippen MR) is 102 cm³/mol. The summed E-state index contributed by atoms with van der Waals surface area (Å²) in [5, 5.41) is 4.22. The number of aryl methyl sites for hydroxylation is 1. The van der Waals surface area contributed by atoms with E-state index in [0.29, 0.717) is 0 Å². The van der Waals surface area contributed by atoms with Crippen molar-refractivity contribution in [3.63, 3.8) is 0 Å². The Balaban J connectivity index is 1.64. The fourth-order valence-electron chi connectivity index (χ4n) is 3.07. The minimum Gasteiger partial charge on any atom is -0.316 e. The molecule has 0 aliphatic carbocycles. The number of thiazole rings is 1. The quantitative estimate of drug-likeness (QED) is 0.745. The van der Waals surface area contributed by atoms with E-state index in [4.69, 9.17) is 4.98 Å². The first-order valence-corrected chi connectivity index (χ1v) is 9.43. The molecular formula is C19H21N5S. The lowest BCUT2D eigenvalue weighted by molar-refractivity contribution is 0.334. The summed E-state index contributed by atoms with van der Waals surface area (Å²) in [6.07, 6.45) is 6.21. The summed E-state index contributed by atoms with van der Waals surface area (Å²) in [6, 6.07) is 9.99. The lowest BCUT2D eigenvalue weighted by atomic mass is 10.2. The SMILES string of the molecule is Cc1ccnc(Nc2nc(-c3ccccn3)c(CN3CCCC3)s2)c1. The Hall–Kier alpha value is -2.31. The zero-order valence-corrected chi connectivity index (χ0v) is 15.1. The Kier molecular flexibility index (Phi) is 4.72. The molecule has 0 unspecified atom stereocenters. The van der Waals surface area contributed by atoms with Crippen molar-refractivity contribution >= 4 is 22.3 Å². The molecule has 6 heteroatoms. The van der Waals surface area contributed by atoms with Gasteiger partial charge >= 0.3 is 0 Å². The number of hydrogen-bond donors (Lipinski definition) is 1. The third-order valence-electron chi connectivity index (χ3n) is 4.32. The van der Waals surface area contributed by atoms with Crippen molar-refractivity contribution < 1.29 is 0 Å². The number of hydrogen-bond acceptors (Lipinski definition) is 6. The number of nitrogens with one attached hydrogen (secondary N) is 1. The Bertz CT molecular complexity index is 840. The van der Waals surface area contributed by atoms with Crippen LogP contribution in [0, 0.1) is 6.92 Å². The first-order chi connectivity index (χ1) is 12.3. The summed E-state index contributed by atoms with van der Waals surface area (Å²) < 4.78 is 0. The van der Waals surface area contributed by atoms with Crippen molar-refractivity contribution in [3.05, 3.63) is 53.2 Å².